The van der Waals surface area contributed by atoms with E-state index in [2.05, 4.69) is 28.6 Å². The Morgan fingerprint density at radius 2 is 1.59 bits per heavy atom. The van der Waals surface area contributed by atoms with Crippen LogP contribution in [0.15, 0.2) is 0 Å². The fraction of sp³-hybridized carbons (Fsp3) is 0.667. The number of aliphatic carboxylic acids is 2. The van der Waals surface area contributed by atoms with Gasteiger partial charge in [-0.1, -0.05) is 13.8 Å². The molecule has 0 heterocycles. The molecule has 12 heteroatoms. The third-order valence-electron chi connectivity index (χ3n) is 3.31. The predicted octanol–water partition coefficient (Wildman–Crippen LogP) is -2.07. The van der Waals surface area contributed by atoms with Crippen LogP contribution < -0.4 is 21.7 Å². The molecule has 0 aromatic rings. The molecule has 0 spiro atoms. The van der Waals surface area contributed by atoms with Crippen LogP contribution in [0.1, 0.15) is 26.7 Å². The van der Waals surface area contributed by atoms with Crippen LogP contribution in [0.25, 0.3) is 0 Å². The Morgan fingerprint density at radius 3 is 2.04 bits per heavy atom. The van der Waals surface area contributed by atoms with Crippen molar-refractivity contribution in [3.05, 3.63) is 0 Å². The number of amides is 3. The van der Waals surface area contributed by atoms with Gasteiger partial charge in [-0.3, -0.25) is 19.2 Å². The van der Waals surface area contributed by atoms with Crippen molar-refractivity contribution < 1.29 is 34.2 Å². The van der Waals surface area contributed by atoms with E-state index in [-0.39, 0.29) is 18.1 Å². The summed E-state index contributed by atoms with van der Waals surface area (Å²) in [4.78, 5) is 57.3. The van der Waals surface area contributed by atoms with Gasteiger partial charge in [-0.05, 0) is 12.3 Å². The first-order chi connectivity index (χ1) is 12.5. The summed E-state index contributed by atoms with van der Waals surface area (Å²) in [6.45, 7) is 3.11. The normalized spacial score (nSPS) is 14.0. The van der Waals surface area contributed by atoms with Crippen LogP contribution >= 0.6 is 12.6 Å². The number of carbonyl (C=O) groups excluding carboxylic acids is 3. The molecule has 154 valence electrons. The van der Waals surface area contributed by atoms with Gasteiger partial charge in [0.1, 0.15) is 12.1 Å². The maximum absolute atomic E-state index is 12.0. The summed E-state index contributed by atoms with van der Waals surface area (Å²) in [5.41, 5.74) is 5.40. The largest absolute Gasteiger partial charge is 0.481 e. The topological polar surface area (TPSA) is 188 Å². The quantitative estimate of drug-likeness (QED) is 0.180. The Hall–Kier alpha value is -2.34. The summed E-state index contributed by atoms with van der Waals surface area (Å²) < 4.78 is 0. The van der Waals surface area contributed by atoms with Crippen molar-refractivity contribution in [1.29, 1.82) is 0 Å². The molecule has 3 unspecified atom stereocenters. The van der Waals surface area contributed by atoms with Gasteiger partial charge >= 0.3 is 11.9 Å². The zero-order valence-corrected chi connectivity index (χ0v) is 16.0. The molecule has 3 amide bonds. The van der Waals surface area contributed by atoms with Crippen LogP contribution in [0.5, 0.6) is 0 Å². The second-order valence-electron chi connectivity index (χ2n) is 6.25. The molecule has 3 atom stereocenters. The van der Waals surface area contributed by atoms with Gasteiger partial charge in [-0.2, -0.15) is 12.6 Å². The lowest BCUT2D eigenvalue weighted by Gasteiger charge is -2.19. The van der Waals surface area contributed by atoms with Crippen LogP contribution in [-0.2, 0) is 24.0 Å². The minimum atomic E-state index is -1.34. The first-order valence-corrected chi connectivity index (χ1v) is 8.79. The molecule has 0 bridgehead atoms. The summed E-state index contributed by atoms with van der Waals surface area (Å²) in [6, 6.07) is -3.56. The van der Waals surface area contributed by atoms with Gasteiger partial charge in [0.2, 0.25) is 17.7 Å². The molecule has 0 aromatic carbocycles. The zero-order chi connectivity index (χ0) is 21.1. The van der Waals surface area contributed by atoms with Crippen molar-refractivity contribution in [2.24, 2.45) is 11.7 Å². The number of hydrogen-bond donors (Lipinski definition) is 7. The second-order valence-corrected chi connectivity index (χ2v) is 6.62. The van der Waals surface area contributed by atoms with E-state index in [1.165, 1.54) is 0 Å². The molecule has 0 aromatic heterocycles. The van der Waals surface area contributed by atoms with E-state index in [4.69, 9.17) is 15.9 Å². The van der Waals surface area contributed by atoms with Crippen molar-refractivity contribution in [1.82, 2.24) is 16.0 Å². The Balaban J connectivity index is 4.58. The number of carbonyl (C=O) groups is 5. The second kappa shape index (κ2) is 12.1. The monoisotopic (exact) mass is 406 g/mol. The lowest BCUT2D eigenvalue weighted by Crippen LogP contribution is -2.54. The predicted molar refractivity (Wildman–Crippen MR) is 98.0 cm³/mol. The highest BCUT2D eigenvalue weighted by molar-refractivity contribution is 7.80. The molecular weight excluding hydrogens is 380 g/mol. The van der Waals surface area contributed by atoms with Crippen LogP contribution in [0.2, 0.25) is 0 Å². The molecule has 0 rings (SSSR count). The van der Waals surface area contributed by atoms with E-state index >= 15 is 0 Å². The minimum absolute atomic E-state index is 0.0415. The summed E-state index contributed by atoms with van der Waals surface area (Å²) in [5, 5.41) is 24.5. The number of thiol groups is 1. The smallest absolute Gasteiger partial charge is 0.326 e. The Kier molecular flexibility index (Phi) is 11.1. The summed E-state index contributed by atoms with van der Waals surface area (Å²) in [6.07, 6.45) is -0.382. The summed E-state index contributed by atoms with van der Waals surface area (Å²) in [5.74, 6) is -4.83. The van der Waals surface area contributed by atoms with Crippen LogP contribution in [0, 0.1) is 5.92 Å². The Labute approximate surface area is 161 Å². The van der Waals surface area contributed by atoms with Gasteiger partial charge in [-0.25, -0.2) is 4.79 Å². The maximum Gasteiger partial charge on any atom is 0.326 e. The van der Waals surface area contributed by atoms with Crippen molar-refractivity contribution >= 4 is 42.3 Å². The van der Waals surface area contributed by atoms with Gasteiger partial charge in [0.15, 0.2) is 0 Å². The van der Waals surface area contributed by atoms with Gasteiger partial charge in [0.05, 0.1) is 19.0 Å². The number of rotatable bonds is 12. The van der Waals surface area contributed by atoms with Gasteiger partial charge in [0.25, 0.3) is 0 Å². The molecular formula is C15H26N4O7S. The van der Waals surface area contributed by atoms with E-state index in [0.717, 1.165) is 0 Å². The van der Waals surface area contributed by atoms with Crippen LogP contribution in [0.3, 0.4) is 0 Å². The van der Waals surface area contributed by atoms with Crippen LogP contribution in [-0.4, -0.2) is 70.3 Å². The van der Waals surface area contributed by atoms with Crippen molar-refractivity contribution in [2.75, 3.05) is 12.3 Å². The third kappa shape index (κ3) is 10.4. The molecule has 0 radical (unpaired) electrons. The molecule has 0 fully saturated rings. The first-order valence-electron chi connectivity index (χ1n) is 8.16. The molecule has 7 N–H and O–H groups in total. The van der Waals surface area contributed by atoms with Gasteiger partial charge in [0, 0.05) is 5.75 Å². The molecule has 0 aliphatic rings. The molecule has 11 nitrogen and oxygen atoms in total. The maximum atomic E-state index is 12.0. The molecule has 0 aliphatic carbocycles. The Morgan fingerprint density at radius 1 is 1.00 bits per heavy atom. The summed E-state index contributed by atoms with van der Waals surface area (Å²) >= 11 is 3.92. The highest BCUT2D eigenvalue weighted by Crippen LogP contribution is 2.04. The van der Waals surface area contributed by atoms with E-state index in [1.54, 1.807) is 13.8 Å². The zero-order valence-electron chi connectivity index (χ0n) is 15.1. The first kappa shape index (κ1) is 24.7. The van der Waals surface area contributed by atoms with Crippen LogP contribution in [0.4, 0.5) is 0 Å². The van der Waals surface area contributed by atoms with E-state index in [9.17, 15) is 24.0 Å². The third-order valence-corrected chi connectivity index (χ3v) is 3.68. The average molecular weight is 406 g/mol. The molecule has 27 heavy (non-hydrogen) atoms. The highest BCUT2D eigenvalue weighted by atomic mass is 32.1. The van der Waals surface area contributed by atoms with Gasteiger partial charge in [-0.15, -0.1) is 0 Å². The molecule has 0 saturated heterocycles. The molecule has 0 aliphatic heterocycles. The number of carboxylic acid groups (broad SMARTS) is 2. The average Bonchev–Trinajstić information content (AvgIpc) is 2.55. The number of nitrogens with two attached hydrogens (primary N) is 1. The molecule has 0 saturated carbocycles. The standard InChI is InChI=1S/C15H26N4O7S/c1-7(2)3-9(15(25)26)18-11(20)5-17-14(24)10(6-27)19-13(23)8(16)4-12(21)22/h7-10,27H,3-6,16H2,1-2H3,(H,17,24)(H,18,20)(H,19,23)(H,21,22)(H,25,26). The fourth-order valence-corrected chi connectivity index (χ4v) is 2.24. The van der Waals surface area contributed by atoms with Crippen molar-refractivity contribution in [3.63, 3.8) is 0 Å². The van der Waals surface area contributed by atoms with Crippen molar-refractivity contribution in [2.45, 2.75) is 44.8 Å². The fourth-order valence-electron chi connectivity index (χ4n) is 1.98. The SMILES string of the molecule is CC(C)CC(NC(=O)CNC(=O)C(CS)NC(=O)C(N)CC(=O)O)C(=O)O. The lowest BCUT2D eigenvalue weighted by molar-refractivity contribution is -0.142. The van der Waals surface area contributed by atoms with Crippen molar-refractivity contribution in [3.8, 4) is 0 Å². The minimum Gasteiger partial charge on any atom is -0.481 e. The van der Waals surface area contributed by atoms with Gasteiger partial charge < -0.3 is 31.9 Å². The number of carboxylic acids is 2. The highest BCUT2D eigenvalue weighted by Gasteiger charge is 2.25. The van der Waals surface area contributed by atoms with E-state index in [0.29, 0.717) is 0 Å². The number of nitrogens with one attached hydrogen (secondary N) is 3. The Bertz CT molecular complexity index is 570. The van der Waals surface area contributed by atoms with E-state index in [1.807, 2.05) is 0 Å². The number of hydrogen-bond acceptors (Lipinski definition) is 7. The summed E-state index contributed by atoms with van der Waals surface area (Å²) in [7, 11) is 0. The lowest BCUT2D eigenvalue weighted by atomic mass is 10.0. The van der Waals surface area contributed by atoms with E-state index < -0.39 is 60.8 Å².